The van der Waals surface area contributed by atoms with E-state index < -0.39 is 0 Å². The van der Waals surface area contributed by atoms with E-state index in [1.165, 1.54) is 18.4 Å². The monoisotopic (exact) mass is 365 g/mol. The Kier molecular flexibility index (Phi) is 4.94. The summed E-state index contributed by atoms with van der Waals surface area (Å²) in [7, 11) is 0. The number of nitrogens with two attached hydrogens (primary N) is 1. The number of nitrogens with zero attached hydrogens (tertiary/aromatic N) is 4. The van der Waals surface area contributed by atoms with Crippen molar-refractivity contribution in [2.75, 3.05) is 10.6 Å². The second-order valence-corrected chi connectivity index (χ2v) is 7.29. The van der Waals surface area contributed by atoms with Gasteiger partial charge in [-0.3, -0.25) is 0 Å². The lowest BCUT2D eigenvalue weighted by Gasteiger charge is -2.29. The number of aryl methyl sites for hydroxylation is 2. The zero-order valence-electron chi connectivity index (χ0n) is 15.9. The first-order chi connectivity index (χ1) is 13.1. The fourth-order valence-corrected chi connectivity index (χ4v) is 3.69. The number of fused-ring (bicyclic) bond motifs is 1. The smallest absolute Gasteiger partial charge is 0.227 e. The summed E-state index contributed by atoms with van der Waals surface area (Å²) in [5.74, 6) is 1.32. The van der Waals surface area contributed by atoms with Gasteiger partial charge >= 0.3 is 0 Å². The SMILES string of the molecule is CCn1cnc2c(Nc3cccc(C)c3)nc(N[C@H]3CCCC[C@H]3N)nc21. The molecular formula is C20H27N7. The maximum absolute atomic E-state index is 6.30. The van der Waals surface area contributed by atoms with E-state index in [0.29, 0.717) is 11.8 Å². The molecule has 0 bridgehead atoms. The van der Waals surface area contributed by atoms with Crippen molar-refractivity contribution in [2.45, 2.75) is 58.2 Å². The molecule has 4 rings (SSSR count). The van der Waals surface area contributed by atoms with Crippen molar-refractivity contribution in [2.24, 2.45) is 5.73 Å². The third kappa shape index (κ3) is 3.73. The molecule has 1 saturated carbocycles. The minimum atomic E-state index is 0.141. The number of nitrogens with one attached hydrogen (secondary N) is 2. The number of aromatic nitrogens is 4. The quantitative estimate of drug-likeness (QED) is 0.640. The summed E-state index contributed by atoms with van der Waals surface area (Å²) in [6.07, 6.45) is 6.30. The highest BCUT2D eigenvalue weighted by Gasteiger charge is 2.23. The normalized spacial score (nSPS) is 20.0. The summed E-state index contributed by atoms with van der Waals surface area (Å²) in [6, 6.07) is 8.57. The van der Waals surface area contributed by atoms with E-state index >= 15 is 0 Å². The molecule has 27 heavy (non-hydrogen) atoms. The van der Waals surface area contributed by atoms with Gasteiger partial charge in [-0.25, -0.2) is 4.98 Å². The highest BCUT2D eigenvalue weighted by molar-refractivity contribution is 5.86. The molecule has 3 aromatic rings. The van der Waals surface area contributed by atoms with Gasteiger partial charge in [-0.05, 0) is 44.4 Å². The standard InChI is InChI=1S/C20H27N7/c1-3-27-12-22-17-18(23-14-8-6-7-13(2)11-14)25-20(26-19(17)27)24-16-10-5-4-9-15(16)21/h6-8,11-12,15-16H,3-5,9-10,21H2,1-2H3,(H2,23,24,25,26)/t15-,16+/m1/s1. The van der Waals surface area contributed by atoms with E-state index in [-0.39, 0.29) is 12.1 Å². The van der Waals surface area contributed by atoms with Crippen LogP contribution in [-0.2, 0) is 6.54 Å². The fourth-order valence-electron chi connectivity index (χ4n) is 3.69. The van der Waals surface area contributed by atoms with E-state index in [0.717, 1.165) is 36.2 Å². The molecule has 7 nitrogen and oxygen atoms in total. The third-order valence-electron chi connectivity index (χ3n) is 5.22. The lowest BCUT2D eigenvalue weighted by atomic mass is 9.91. The Hall–Kier alpha value is -2.67. The van der Waals surface area contributed by atoms with E-state index in [1.807, 2.05) is 23.0 Å². The Morgan fingerprint density at radius 3 is 2.85 bits per heavy atom. The molecule has 1 aliphatic carbocycles. The van der Waals surface area contributed by atoms with Crippen LogP contribution in [0.3, 0.4) is 0 Å². The molecule has 2 atom stereocenters. The average Bonchev–Trinajstić information content (AvgIpc) is 3.07. The lowest BCUT2D eigenvalue weighted by molar-refractivity contribution is 0.402. The largest absolute Gasteiger partial charge is 0.350 e. The summed E-state index contributed by atoms with van der Waals surface area (Å²) < 4.78 is 2.03. The van der Waals surface area contributed by atoms with E-state index in [2.05, 4.69) is 41.6 Å². The molecule has 0 spiro atoms. The predicted octanol–water partition coefficient (Wildman–Crippen LogP) is 3.58. The second-order valence-electron chi connectivity index (χ2n) is 7.29. The van der Waals surface area contributed by atoms with Crippen molar-refractivity contribution in [3.63, 3.8) is 0 Å². The molecule has 0 aliphatic heterocycles. The Morgan fingerprint density at radius 2 is 2.07 bits per heavy atom. The molecule has 0 saturated heterocycles. The van der Waals surface area contributed by atoms with Crippen LogP contribution in [0.4, 0.5) is 17.5 Å². The Bertz CT molecular complexity index is 933. The zero-order valence-corrected chi connectivity index (χ0v) is 15.9. The summed E-state index contributed by atoms with van der Waals surface area (Å²) in [6.45, 7) is 4.96. The molecule has 7 heteroatoms. The van der Waals surface area contributed by atoms with Crippen LogP contribution < -0.4 is 16.4 Å². The Morgan fingerprint density at radius 1 is 1.22 bits per heavy atom. The van der Waals surface area contributed by atoms with Gasteiger partial charge in [0.1, 0.15) is 0 Å². The number of hydrogen-bond donors (Lipinski definition) is 3. The third-order valence-corrected chi connectivity index (χ3v) is 5.22. The van der Waals surface area contributed by atoms with E-state index in [1.54, 1.807) is 0 Å². The van der Waals surface area contributed by atoms with Gasteiger partial charge in [0.25, 0.3) is 0 Å². The van der Waals surface area contributed by atoms with Gasteiger partial charge in [0.2, 0.25) is 5.95 Å². The first kappa shape index (κ1) is 17.7. The molecule has 0 radical (unpaired) electrons. The van der Waals surface area contributed by atoms with Crippen LogP contribution >= 0.6 is 0 Å². The topological polar surface area (TPSA) is 93.7 Å². The molecule has 0 amide bonds. The molecule has 2 heterocycles. The average molecular weight is 365 g/mol. The van der Waals surface area contributed by atoms with Gasteiger partial charge < -0.3 is 20.9 Å². The number of anilines is 3. The maximum atomic E-state index is 6.30. The van der Waals surface area contributed by atoms with Crippen LogP contribution in [0.15, 0.2) is 30.6 Å². The molecule has 0 unspecified atom stereocenters. The van der Waals surface area contributed by atoms with Gasteiger partial charge in [0, 0.05) is 24.3 Å². The zero-order chi connectivity index (χ0) is 18.8. The molecule has 1 aliphatic rings. The van der Waals surface area contributed by atoms with Crippen LogP contribution in [0.2, 0.25) is 0 Å². The van der Waals surface area contributed by atoms with Crippen molar-refractivity contribution in [3.8, 4) is 0 Å². The van der Waals surface area contributed by atoms with Crippen molar-refractivity contribution in [1.82, 2.24) is 19.5 Å². The van der Waals surface area contributed by atoms with Gasteiger partial charge in [0.15, 0.2) is 17.0 Å². The molecular weight excluding hydrogens is 338 g/mol. The van der Waals surface area contributed by atoms with E-state index in [9.17, 15) is 0 Å². The van der Waals surface area contributed by atoms with Gasteiger partial charge in [0.05, 0.1) is 6.33 Å². The van der Waals surface area contributed by atoms with Crippen molar-refractivity contribution in [3.05, 3.63) is 36.2 Å². The second kappa shape index (κ2) is 7.52. The van der Waals surface area contributed by atoms with Crippen molar-refractivity contribution in [1.29, 1.82) is 0 Å². The van der Waals surface area contributed by atoms with Gasteiger partial charge in [-0.15, -0.1) is 0 Å². The van der Waals surface area contributed by atoms with Crippen LogP contribution in [0, 0.1) is 6.92 Å². The highest BCUT2D eigenvalue weighted by atomic mass is 15.2. The number of hydrogen-bond acceptors (Lipinski definition) is 6. The van der Waals surface area contributed by atoms with Crippen molar-refractivity contribution < 1.29 is 0 Å². The number of imidazole rings is 1. The number of benzene rings is 1. The molecule has 1 fully saturated rings. The van der Waals surface area contributed by atoms with Crippen LogP contribution in [0.1, 0.15) is 38.2 Å². The first-order valence-corrected chi connectivity index (χ1v) is 9.72. The Labute approximate surface area is 159 Å². The summed E-state index contributed by atoms with van der Waals surface area (Å²) in [5.41, 5.74) is 10.1. The van der Waals surface area contributed by atoms with Crippen molar-refractivity contribution >= 4 is 28.6 Å². The minimum Gasteiger partial charge on any atom is -0.350 e. The van der Waals surface area contributed by atoms with E-state index in [4.69, 9.17) is 15.7 Å². The Balaban J connectivity index is 1.71. The fraction of sp³-hybridized carbons (Fsp3) is 0.450. The van der Waals surface area contributed by atoms with Crippen LogP contribution in [-0.4, -0.2) is 31.6 Å². The summed E-state index contributed by atoms with van der Waals surface area (Å²) >= 11 is 0. The minimum absolute atomic E-state index is 0.141. The predicted molar refractivity (Wildman–Crippen MR) is 109 cm³/mol. The van der Waals surface area contributed by atoms with Gasteiger partial charge in [-0.2, -0.15) is 9.97 Å². The summed E-state index contributed by atoms with van der Waals surface area (Å²) in [5, 5.41) is 6.89. The molecule has 4 N–H and O–H groups in total. The maximum Gasteiger partial charge on any atom is 0.227 e. The highest BCUT2D eigenvalue weighted by Crippen LogP contribution is 2.26. The molecule has 1 aromatic carbocycles. The van der Waals surface area contributed by atoms with Crippen LogP contribution in [0.5, 0.6) is 0 Å². The number of rotatable bonds is 5. The molecule has 2 aromatic heterocycles. The summed E-state index contributed by atoms with van der Waals surface area (Å²) in [4.78, 5) is 14.0. The van der Waals surface area contributed by atoms with Gasteiger partial charge in [-0.1, -0.05) is 25.0 Å². The first-order valence-electron chi connectivity index (χ1n) is 9.72. The van der Waals surface area contributed by atoms with Crippen LogP contribution in [0.25, 0.3) is 11.2 Å². The molecule has 142 valence electrons. The lowest BCUT2D eigenvalue weighted by Crippen LogP contribution is -2.43.